The molecule has 5 nitrogen and oxygen atoms in total. The molecule has 1 rings (SSSR count). The molecule has 0 aliphatic heterocycles. The van der Waals surface area contributed by atoms with Gasteiger partial charge in [0.2, 0.25) is 0 Å². The summed E-state index contributed by atoms with van der Waals surface area (Å²) in [5.41, 5.74) is 1.32. The van der Waals surface area contributed by atoms with Crippen molar-refractivity contribution >= 4 is 22.4 Å². The highest BCUT2D eigenvalue weighted by atomic mass is 32.1. The van der Waals surface area contributed by atoms with Crippen LogP contribution in [0.4, 0.5) is 5.00 Å². The van der Waals surface area contributed by atoms with E-state index < -0.39 is 0 Å². The van der Waals surface area contributed by atoms with Gasteiger partial charge in [0.15, 0.2) is 0 Å². The summed E-state index contributed by atoms with van der Waals surface area (Å²) in [5.74, 6) is -0.0789. The fourth-order valence-corrected chi connectivity index (χ4v) is 1.97. The van der Waals surface area contributed by atoms with E-state index in [1.165, 1.54) is 11.5 Å². The summed E-state index contributed by atoms with van der Waals surface area (Å²) < 4.78 is 4.12. The Morgan fingerprint density at radius 2 is 2.31 bits per heavy atom. The largest absolute Gasteiger partial charge is 0.396 e. The van der Waals surface area contributed by atoms with Crippen LogP contribution in [0.2, 0.25) is 0 Å². The molecule has 1 atom stereocenters. The highest BCUT2D eigenvalue weighted by Crippen LogP contribution is 2.23. The van der Waals surface area contributed by atoms with Crippen LogP contribution in [0.5, 0.6) is 0 Å². The Morgan fingerprint density at radius 1 is 1.62 bits per heavy atom. The highest BCUT2D eigenvalue weighted by molar-refractivity contribution is 7.10. The van der Waals surface area contributed by atoms with Crippen LogP contribution >= 0.6 is 11.5 Å². The van der Waals surface area contributed by atoms with Gasteiger partial charge < -0.3 is 15.7 Å². The van der Waals surface area contributed by atoms with Gasteiger partial charge in [0.1, 0.15) is 5.00 Å². The molecule has 0 saturated carbocycles. The standard InChI is InChI=1S/C10H17N3O2S/c1-6(5-14)4-12-9(15)8-7(2)13-16-10(8)11-3/h6,11,14H,4-5H2,1-3H3,(H,12,15). The summed E-state index contributed by atoms with van der Waals surface area (Å²) in [5, 5.41) is 15.4. The minimum absolute atomic E-state index is 0.0638. The van der Waals surface area contributed by atoms with Crippen LogP contribution < -0.4 is 10.6 Å². The zero-order chi connectivity index (χ0) is 12.1. The van der Waals surface area contributed by atoms with Crippen LogP contribution in [0.1, 0.15) is 23.0 Å². The van der Waals surface area contributed by atoms with Crippen molar-refractivity contribution in [2.75, 3.05) is 25.5 Å². The fourth-order valence-electron chi connectivity index (χ4n) is 1.23. The first kappa shape index (κ1) is 12.9. The van der Waals surface area contributed by atoms with E-state index >= 15 is 0 Å². The van der Waals surface area contributed by atoms with Crippen molar-refractivity contribution in [1.29, 1.82) is 0 Å². The molecule has 1 amide bonds. The molecule has 0 bridgehead atoms. The monoisotopic (exact) mass is 243 g/mol. The Kier molecular flexibility index (Phi) is 4.70. The van der Waals surface area contributed by atoms with Crippen LogP contribution in [0, 0.1) is 12.8 Å². The van der Waals surface area contributed by atoms with Gasteiger partial charge in [-0.2, -0.15) is 4.37 Å². The molecule has 1 unspecified atom stereocenters. The van der Waals surface area contributed by atoms with E-state index in [2.05, 4.69) is 15.0 Å². The van der Waals surface area contributed by atoms with Gasteiger partial charge in [0.25, 0.3) is 5.91 Å². The lowest BCUT2D eigenvalue weighted by atomic mass is 10.2. The van der Waals surface area contributed by atoms with Crippen LogP contribution in [0.25, 0.3) is 0 Å². The van der Waals surface area contributed by atoms with E-state index in [0.717, 1.165) is 10.7 Å². The number of nitrogens with one attached hydrogen (secondary N) is 2. The fraction of sp³-hybridized carbons (Fsp3) is 0.600. The van der Waals surface area contributed by atoms with E-state index in [9.17, 15) is 4.79 Å². The maximum absolute atomic E-state index is 11.9. The zero-order valence-corrected chi connectivity index (χ0v) is 10.5. The molecule has 0 radical (unpaired) electrons. The highest BCUT2D eigenvalue weighted by Gasteiger charge is 2.17. The molecule has 16 heavy (non-hydrogen) atoms. The molecule has 90 valence electrons. The van der Waals surface area contributed by atoms with Crippen molar-refractivity contribution in [1.82, 2.24) is 9.69 Å². The first-order valence-electron chi connectivity index (χ1n) is 5.13. The Balaban J connectivity index is 2.69. The van der Waals surface area contributed by atoms with Crippen LogP contribution in [-0.2, 0) is 0 Å². The molecular weight excluding hydrogens is 226 g/mol. The average molecular weight is 243 g/mol. The average Bonchev–Trinajstić information content (AvgIpc) is 2.66. The smallest absolute Gasteiger partial charge is 0.256 e. The number of carbonyl (C=O) groups is 1. The van der Waals surface area contributed by atoms with Crippen LogP contribution in [0.3, 0.4) is 0 Å². The molecule has 0 aliphatic rings. The molecule has 0 fully saturated rings. The molecule has 0 spiro atoms. The Morgan fingerprint density at radius 3 is 2.88 bits per heavy atom. The van der Waals surface area contributed by atoms with Gasteiger partial charge >= 0.3 is 0 Å². The molecule has 0 aromatic carbocycles. The predicted octanol–water partition coefficient (Wildman–Crippen LogP) is 0.851. The van der Waals surface area contributed by atoms with E-state index in [1.807, 2.05) is 13.8 Å². The van der Waals surface area contributed by atoms with Crippen molar-refractivity contribution in [2.24, 2.45) is 5.92 Å². The Hall–Kier alpha value is -1.14. The number of aliphatic hydroxyl groups is 1. The van der Waals surface area contributed by atoms with E-state index in [-0.39, 0.29) is 18.4 Å². The van der Waals surface area contributed by atoms with Crippen molar-refractivity contribution in [3.05, 3.63) is 11.3 Å². The summed E-state index contributed by atoms with van der Waals surface area (Å²) in [7, 11) is 1.76. The van der Waals surface area contributed by atoms with Gasteiger partial charge in [-0.15, -0.1) is 0 Å². The second-order valence-electron chi connectivity index (χ2n) is 3.72. The number of aliphatic hydroxyl groups excluding tert-OH is 1. The third-order valence-corrected chi connectivity index (χ3v) is 3.20. The zero-order valence-electron chi connectivity index (χ0n) is 9.70. The number of hydrogen-bond acceptors (Lipinski definition) is 5. The Labute approximate surface area is 99.0 Å². The van der Waals surface area contributed by atoms with Crippen LogP contribution in [-0.4, -0.2) is 35.6 Å². The quantitative estimate of drug-likeness (QED) is 0.717. The summed E-state index contributed by atoms with van der Waals surface area (Å²) in [6, 6.07) is 0. The maximum Gasteiger partial charge on any atom is 0.256 e. The lowest BCUT2D eigenvalue weighted by molar-refractivity contribution is 0.0942. The van der Waals surface area contributed by atoms with Crippen molar-refractivity contribution in [3.63, 3.8) is 0 Å². The van der Waals surface area contributed by atoms with E-state index in [0.29, 0.717) is 12.1 Å². The summed E-state index contributed by atoms with van der Waals surface area (Å²) in [6.45, 7) is 4.22. The normalized spacial score (nSPS) is 12.2. The van der Waals surface area contributed by atoms with Gasteiger partial charge in [-0.25, -0.2) is 0 Å². The number of amides is 1. The van der Waals surface area contributed by atoms with Crippen LogP contribution in [0.15, 0.2) is 0 Å². The second-order valence-corrected chi connectivity index (χ2v) is 4.49. The summed E-state index contributed by atoms with van der Waals surface area (Å²) in [4.78, 5) is 11.9. The number of rotatable bonds is 5. The lowest BCUT2D eigenvalue weighted by Gasteiger charge is -2.10. The molecule has 3 N–H and O–H groups in total. The van der Waals surface area contributed by atoms with Crippen molar-refractivity contribution in [2.45, 2.75) is 13.8 Å². The number of carbonyl (C=O) groups excluding carboxylic acids is 1. The van der Waals surface area contributed by atoms with Gasteiger partial charge in [0.05, 0.1) is 11.3 Å². The number of nitrogens with zero attached hydrogens (tertiary/aromatic N) is 1. The molecule has 1 aromatic heterocycles. The first-order valence-corrected chi connectivity index (χ1v) is 5.90. The minimum atomic E-state index is -0.143. The van der Waals surface area contributed by atoms with Gasteiger partial charge in [-0.3, -0.25) is 4.79 Å². The predicted molar refractivity (Wildman–Crippen MR) is 65.0 cm³/mol. The lowest BCUT2D eigenvalue weighted by Crippen LogP contribution is -2.30. The Bertz CT molecular complexity index is 365. The van der Waals surface area contributed by atoms with Crippen molar-refractivity contribution in [3.8, 4) is 0 Å². The topological polar surface area (TPSA) is 74.2 Å². The number of aryl methyl sites for hydroxylation is 1. The molecular formula is C10H17N3O2S. The van der Waals surface area contributed by atoms with Gasteiger partial charge in [0, 0.05) is 20.2 Å². The van der Waals surface area contributed by atoms with E-state index in [4.69, 9.17) is 5.11 Å². The molecule has 6 heteroatoms. The SMILES string of the molecule is CNc1snc(C)c1C(=O)NCC(C)CO. The number of aromatic nitrogens is 1. The van der Waals surface area contributed by atoms with Crippen molar-refractivity contribution < 1.29 is 9.90 Å². The third kappa shape index (κ3) is 2.93. The summed E-state index contributed by atoms with van der Waals surface area (Å²) in [6.07, 6.45) is 0. The number of hydrogen-bond donors (Lipinski definition) is 3. The maximum atomic E-state index is 11.9. The van der Waals surface area contributed by atoms with E-state index in [1.54, 1.807) is 7.05 Å². The third-order valence-electron chi connectivity index (χ3n) is 2.24. The first-order chi connectivity index (χ1) is 7.60. The molecule has 1 heterocycles. The van der Waals surface area contributed by atoms with Gasteiger partial charge in [-0.1, -0.05) is 6.92 Å². The second kappa shape index (κ2) is 5.81. The molecule has 0 aliphatic carbocycles. The number of anilines is 1. The molecule has 0 saturated heterocycles. The van der Waals surface area contributed by atoms with Gasteiger partial charge in [-0.05, 0) is 24.4 Å². The summed E-state index contributed by atoms with van der Waals surface area (Å²) >= 11 is 1.27. The molecule has 1 aromatic rings. The minimum Gasteiger partial charge on any atom is -0.396 e.